The normalized spacial score (nSPS) is 14.9. The van der Waals surface area contributed by atoms with Crippen molar-refractivity contribution in [1.29, 1.82) is 0 Å². The molecule has 0 bridgehead atoms. The quantitative estimate of drug-likeness (QED) is 0.752. The van der Waals surface area contributed by atoms with Crippen molar-refractivity contribution in [1.82, 2.24) is 9.88 Å². The van der Waals surface area contributed by atoms with Crippen LogP contribution in [0.4, 0.5) is 0 Å². The van der Waals surface area contributed by atoms with Crippen LogP contribution >= 0.6 is 11.8 Å². The molecule has 2 heterocycles. The third-order valence-electron chi connectivity index (χ3n) is 4.41. The zero-order chi connectivity index (χ0) is 18.4. The van der Waals surface area contributed by atoms with Crippen molar-refractivity contribution in [3.8, 4) is 0 Å². The Morgan fingerprint density at radius 3 is 2.62 bits per heavy atom. The number of piperidine rings is 1. The minimum atomic E-state index is -0.518. The topological polar surface area (TPSA) is 59.5 Å². The summed E-state index contributed by atoms with van der Waals surface area (Å²) in [6.07, 6.45) is 3.64. The first-order chi connectivity index (χ1) is 12.6. The van der Waals surface area contributed by atoms with E-state index in [2.05, 4.69) is 11.9 Å². The number of pyridine rings is 1. The van der Waals surface area contributed by atoms with Crippen LogP contribution in [0, 0.1) is 5.92 Å². The zero-order valence-corrected chi connectivity index (χ0v) is 15.6. The van der Waals surface area contributed by atoms with Crippen molar-refractivity contribution in [2.75, 3.05) is 19.7 Å². The van der Waals surface area contributed by atoms with E-state index in [0.717, 1.165) is 30.8 Å². The van der Waals surface area contributed by atoms with Crippen LogP contribution in [0.1, 0.15) is 30.1 Å². The van der Waals surface area contributed by atoms with E-state index in [1.807, 2.05) is 30.3 Å². The molecule has 0 radical (unpaired) electrons. The highest BCUT2D eigenvalue weighted by Crippen LogP contribution is 2.28. The summed E-state index contributed by atoms with van der Waals surface area (Å²) in [7, 11) is 0. The molecule has 1 fully saturated rings. The number of carbonyl (C=O) groups is 2. The maximum atomic E-state index is 12.4. The van der Waals surface area contributed by atoms with Gasteiger partial charge in [0.15, 0.2) is 6.61 Å². The second kappa shape index (κ2) is 8.85. The van der Waals surface area contributed by atoms with Gasteiger partial charge in [-0.05, 0) is 43.0 Å². The Morgan fingerprint density at radius 1 is 1.15 bits per heavy atom. The average molecular weight is 370 g/mol. The predicted octanol–water partition coefficient (Wildman–Crippen LogP) is 3.65. The van der Waals surface area contributed by atoms with Gasteiger partial charge in [-0.25, -0.2) is 9.78 Å². The molecule has 6 heteroatoms. The number of likely N-dealkylation sites (tertiary alicyclic amines) is 1. The molecule has 136 valence electrons. The molecule has 0 N–H and O–H groups in total. The molecule has 1 amide bonds. The van der Waals surface area contributed by atoms with Crippen LogP contribution in [0.15, 0.2) is 58.6 Å². The molecule has 0 spiro atoms. The second-order valence-corrected chi connectivity index (χ2v) is 7.47. The van der Waals surface area contributed by atoms with Crippen molar-refractivity contribution >= 4 is 23.6 Å². The largest absolute Gasteiger partial charge is 0.452 e. The van der Waals surface area contributed by atoms with Crippen molar-refractivity contribution < 1.29 is 14.3 Å². The molecule has 1 aliphatic heterocycles. The van der Waals surface area contributed by atoms with Gasteiger partial charge >= 0.3 is 5.97 Å². The third-order valence-corrected chi connectivity index (χ3v) is 5.44. The first-order valence-electron chi connectivity index (χ1n) is 8.76. The van der Waals surface area contributed by atoms with Gasteiger partial charge in [0.25, 0.3) is 5.91 Å². The Balaban J connectivity index is 1.60. The molecule has 1 saturated heterocycles. The summed E-state index contributed by atoms with van der Waals surface area (Å²) in [5.74, 6) is -0.00350. The van der Waals surface area contributed by atoms with Gasteiger partial charge in [0.05, 0.1) is 5.56 Å². The lowest BCUT2D eigenvalue weighted by atomic mass is 9.99. The van der Waals surface area contributed by atoms with Crippen LogP contribution in [0.5, 0.6) is 0 Å². The number of amides is 1. The molecule has 26 heavy (non-hydrogen) atoms. The Bertz CT molecular complexity index is 759. The van der Waals surface area contributed by atoms with Gasteiger partial charge in [0, 0.05) is 24.2 Å². The minimum absolute atomic E-state index is 0.133. The molecule has 1 aliphatic rings. The Kier molecular flexibility index (Phi) is 6.28. The fourth-order valence-corrected chi connectivity index (χ4v) is 3.67. The molecule has 0 atom stereocenters. The van der Waals surface area contributed by atoms with Crippen LogP contribution < -0.4 is 0 Å². The lowest BCUT2D eigenvalue weighted by molar-refractivity contribution is -0.135. The number of rotatable bonds is 5. The van der Waals surface area contributed by atoms with E-state index in [9.17, 15) is 9.59 Å². The fourth-order valence-electron chi connectivity index (χ4n) is 2.78. The van der Waals surface area contributed by atoms with Crippen molar-refractivity contribution in [3.63, 3.8) is 0 Å². The van der Waals surface area contributed by atoms with E-state index in [-0.39, 0.29) is 12.5 Å². The first kappa shape index (κ1) is 18.5. The van der Waals surface area contributed by atoms with E-state index in [1.54, 1.807) is 23.2 Å². The Hall–Kier alpha value is -2.34. The first-order valence-corrected chi connectivity index (χ1v) is 9.58. The maximum absolute atomic E-state index is 12.4. The maximum Gasteiger partial charge on any atom is 0.341 e. The number of hydrogen-bond acceptors (Lipinski definition) is 5. The van der Waals surface area contributed by atoms with E-state index in [0.29, 0.717) is 16.5 Å². The van der Waals surface area contributed by atoms with E-state index < -0.39 is 5.97 Å². The highest BCUT2D eigenvalue weighted by molar-refractivity contribution is 7.99. The van der Waals surface area contributed by atoms with E-state index >= 15 is 0 Å². The standard InChI is InChI=1S/C20H22N2O3S/c1-15-9-12-22(13-10-15)18(23)14-25-20(24)17-8-5-11-21-19(17)26-16-6-3-2-4-7-16/h2-8,11,15H,9-10,12-14H2,1H3. The van der Waals surface area contributed by atoms with Gasteiger partial charge in [0.1, 0.15) is 5.03 Å². The van der Waals surface area contributed by atoms with Crippen LogP contribution in [0.2, 0.25) is 0 Å². The molecular weight excluding hydrogens is 348 g/mol. The summed E-state index contributed by atoms with van der Waals surface area (Å²) < 4.78 is 5.26. The van der Waals surface area contributed by atoms with E-state index in [4.69, 9.17) is 4.74 Å². The van der Waals surface area contributed by atoms with Crippen LogP contribution in [-0.4, -0.2) is 41.5 Å². The lowest BCUT2D eigenvalue weighted by Gasteiger charge is -2.30. The molecule has 1 aromatic heterocycles. The van der Waals surface area contributed by atoms with Gasteiger partial charge < -0.3 is 9.64 Å². The third kappa shape index (κ3) is 4.85. The number of benzene rings is 1. The highest BCUT2D eigenvalue weighted by atomic mass is 32.2. The van der Waals surface area contributed by atoms with Crippen molar-refractivity contribution in [3.05, 3.63) is 54.2 Å². The SMILES string of the molecule is CC1CCN(C(=O)COC(=O)c2cccnc2Sc2ccccc2)CC1. The molecule has 0 unspecified atom stereocenters. The lowest BCUT2D eigenvalue weighted by Crippen LogP contribution is -2.40. The summed E-state index contributed by atoms with van der Waals surface area (Å²) in [6, 6.07) is 13.1. The highest BCUT2D eigenvalue weighted by Gasteiger charge is 2.22. The van der Waals surface area contributed by atoms with Crippen LogP contribution in [-0.2, 0) is 9.53 Å². The Morgan fingerprint density at radius 2 is 1.88 bits per heavy atom. The molecule has 0 aliphatic carbocycles. The molecule has 0 saturated carbocycles. The number of aromatic nitrogens is 1. The van der Waals surface area contributed by atoms with Crippen molar-refractivity contribution in [2.45, 2.75) is 29.7 Å². The Labute approximate surface area is 157 Å². The van der Waals surface area contributed by atoms with Gasteiger partial charge in [-0.3, -0.25) is 4.79 Å². The second-order valence-electron chi connectivity index (χ2n) is 6.41. The monoisotopic (exact) mass is 370 g/mol. The molecular formula is C20H22N2O3S. The average Bonchev–Trinajstić information content (AvgIpc) is 2.67. The summed E-state index contributed by atoms with van der Waals surface area (Å²) in [6.45, 7) is 3.44. The van der Waals surface area contributed by atoms with Gasteiger partial charge in [-0.15, -0.1) is 0 Å². The van der Waals surface area contributed by atoms with E-state index in [1.165, 1.54) is 11.8 Å². The number of hydrogen-bond donors (Lipinski definition) is 0. The predicted molar refractivity (Wildman–Crippen MR) is 100 cm³/mol. The molecule has 3 rings (SSSR count). The number of nitrogens with zero attached hydrogens (tertiary/aromatic N) is 2. The number of esters is 1. The summed E-state index contributed by atoms with van der Waals surface area (Å²) in [5.41, 5.74) is 0.376. The molecule has 2 aromatic rings. The zero-order valence-electron chi connectivity index (χ0n) is 14.8. The minimum Gasteiger partial charge on any atom is -0.452 e. The smallest absolute Gasteiger partial charge is 0.341 e. The summed E-state index contributed by atoms with van der Waals surface area (Å²) >= 11 is 1.40. The van der Waals surface area contributed by atoms with Crippen LogP contribution in [0.25, 0.3) is 0 Å². The van der Waals surface area contributed by atoms with Crippen LogP contribution in [0.3, 0.4) is 0 Å². The molecule has 5 nitrogen and oxygen atoms in total. The number of ether oxygens (including phenoxy) is 1. The van der Waals surface area contributed by atoms with Crippen molar-refractivity contribution in [2.24, 2.45) is 5.92 Å². The number of carbonyl (C=O) groups excluding carboxylic acids is 2. The summed E-state index contributed by atoms with van der Waals surface area (Å²) in [5, 5.41) is 0.572. The van der Waals surface area contributed by atoms with Gasteiger partial charge in [0.2, 0.25) is 0 Å². The fraction of sp³-hybridized carbons (Fsp3) is 0.350. The van der Waals surface area contributed by atoms with Gasteiger partial charge in [-0.2, -0.15) is 0 Å². The summed E-state index contributed by atoms with van der Waals surface area (Å²) in [4.78, 5) is 31.7. The van der Waals surface area contributed by atoms with Gasteiger partial charge in [-0.1, -0.05) is 36.9 Å². The molecule has 1 aromatic carbocycles.